The third-order valence-corrected chi connectivity index (χ3v) is 4.10. The number of carbonyl (C=O) groups is 1. The molecule has 3 heterocycles. The maximum Gasteiger partial charge on any atom is 0.247 e. The second-order valence-corrected chi connectivity index (χ2v) is 6.16. The van der Waals surface area contributed by atoms with Crippen molar-refractivity contribution in [1.82, 2.24) is 24.5 Å². The number of hydrogen-bond acceptors (Lipinski definition) is 4. The van der Waals surface area contributed by atoms with E-state index in [2.05, 4.69) is 20.5 Å². The van der Waals surface area contributed by atoms with Crippen LogP contribution in [0.25, 0.3) is 22.2 Å². The lowest BCUT2D eigenvalue weighted by molar-refractivity contribution is -0.116. The molecular formula is C19H18N6O. The number of pyridine rings is 1. The molecule has 0 unspecified atom stereocenters. The lowest BCUT2D eigenvalue weighted by Crippen LogP contribution is -2.20. The second kappa shape index (κ2) is 6.44. The van der Waals surface area contributed by atoms with E-state index < -0.39 is 0 Å². The summed E-state index contributed by atoms with van der Waals surface area (Å²) in [5.41, 5.74) is 3.49. The maximum atomic E-state index is 12.2. The molecule has 0 aliphatic carbocycles. The predicted octanol–water partition coefficient (Wildman–Crippen LogP) is 2.78. The van der Waals surface area contributed by atoms with Gasteiger partial charge in [-0.3, -0.25) is 14.2 Å². The molecule has 7 nitrogen and oxygen atoms in total. The van der Waals surface area contributed by atoms with Gasteiger partial charge in [0.15, 0.2) is 0 Å². The van der Waals surface area contributed by atoms with Gasteiger partial charge in [-0.1, -0.05) is 24.3 Å². The lowest BCUT2D eigenvalue weighted by Gasteiger charge is -2.05. The zero-order valence-electron chi connectivity index (χ0n) is 14.5. The van der Waals surface area contributed by atoms with Gasteiger partial charge in [0.2, 0.25) is 5.91 Å². The highest BCUT2D eigenvalue weighted by atomic mass is 16.2. The summed E-state index contributed by atoms with van der Waals surface area (Å²) in [5, 5.41) is 12.4. The highest BCUT2D eigenvalue weighted by molar-refractivity contribution is 5.89. The molecule has 1 N–H and O–H groups in total. The molecule has 0 aliphatic heterocycles. The molecule has 4 aromatic rings. The van der Waals surface area contributed by atoms with Gasteiger partial charge in [-0.25, -0.2) is 4.98 Å². The van der Waals surface area contributed by atoms with E-state index in [-0.39, 0.29) is 12.5 Å². The van der Waals surface area contributed by atoms with Gasteiger partial charge in [0.05, 0.1) is 23.1 Å². The van der Waals surface area contributed by atoms with Crippen LogP contribution in [0.3, 0.4) is 0 Å². The Morgan fingerprint density at radius 3 is 2.85 bits per heavy atom. The Morgan fingerprint density at radius 2 is 2.04 bits per heavy atom. The van der Waals surface area contributed by atoms with Crippen LogP contribution in [0.5, 0.6) is 0 Å². The molecule has 0 aliphatic rings. The van der Waals surface area contributed by atoms with Gasteiger partial charge >= 0.3 is 0 Å². The van der Waals surface area contributed by atoms with Gasteiger partial charge in [0, 0.05) is 30.3 Å². The topological polar surface area (TPSA) is 77.6 Å². The summed E-state index contributed by atoms with van der Waals surface area (Å²) in [5.74, 6) is 0.505. The van der Waals surface area contributed by atoms with Crippen molar-refractivity contribution in [2.45, 2.75) is 13.5 Å². The predicted molar refractivity (Wildman–Crippen MR) is 99.5 cm³/mol. The molecule has 0 saturated heterocycles. The summed E-state index contributed by atoms with van der Waals surface area (Å²) in [6, 6.07) is 13.8. The van der Waals surface area contributed by atoms with Crippen molar-refractivity contribution in [3.8, 4) is 11.3 Å². The van der Waals surface area contributed by atoms with Crippen LogP contribution in [0, 0.1) is 6.92 Å². The van der Waals surface area contributed by atoms with E-state index in [1.165, 1.54) is 0 Å². The van der Waals surface area contributed by atoms with Crippen molar-refractivity contribution >= 4 is 22.6 Å². The standard InChI is InChI=1S/C19H18N6O/c1-13-9-18(24(2)23-13)22-19(26)12-25-11-15(10-20-25)17-8-7-14-5-3-4-6-16(14)21-17/h3-11H,12H2,1-2H3,(H,22,26). The Labute approximate surface area is 150 Å². The highest BCUT2D eigenvalue weighted by Crippen LogP contribution is 2.20. The van der Waals surface area contributed by atoms with Gasteiger partial charge < -0.3 is 5.32 Å². The average Bonchev–Trinajstić information content (AvgIpc) is 3.21. The first kappa shape index (κ1) is 16.0. The first-order valence-corrected chi connectivity index (χ1v) is 8.27. The molecular weight excluding hydrogens is 328 g/mol. The number of nitrogens with zero attached hydrogens (tertiary/aromatic N) is 5. The Morgan fingerprint density at radius 1 is 1.19 bits per heavy atom. The maximum absolute atomic E-state index is 12.2. The molecule has 0 atom stereocenters. The molecule has 0 saturated carbocycles. The summed E-state index contributed by atoms with van der Waals surface area (Å²) in [6.45, 7) is 2.00. The summed E-state index contributed by atoms with van der Waals surface area (Å²) < 4.78 is 3.24. The zero-order valence-corrected chi connectivity index (χ0v) is 14.5. The fourth-order valence-electron chi connectivity index (χ4n) is 2.87. The zero-order chi connectivity index (χ0) is 18.1. The quantitative estimate of drug-likeness (QED) is 0.616. The molecule has 130 valence electrons. The van der Waals surface area contributed by atoms with E-state index in [4.69, 9.17) is 0 Å². The Bertz CT molecular complexity index is 1090. The normalized spacial score (nSPS) is 11.0. The molecule has 1 aromatic carbocycles. The smallest absolute Gasteiger partial charge is 0.247 e. The lowest BCUT2D eigenvalue weighted by atomic mass is 10.1. The summed E-state index contributed by atoms with van der Waals surface area (Å²) in [4.78, 5) is 16.9. The van der Waals surface area contributed by atoms with E-state index in [1.54, 1.807) is 22.6 Å². The number of fused-ring (bicyclic) bond motifs is 1. The van der Waals surface area contributed by atoms with Crippen molar-refractivity contribution < 1.29 is 4.79 Å². The van der Waals surface area contributed by atoms with Crippen molar-refractivity contribution in [1.29, 1.82) is 0 Å². The number of aromatic nitrogens is 5. The third kappa shape index (κ3) is 3.19. The molecule has 26 heavy (non-hydrogen) atoms. The minimum Gasteiger partial charge on any atom is -0.309 e. The number of hydrogen-bond donors (Lipinski definition) is 1. The minimum absolute atomic E-state index is 0.123. The van der Waals surface area contributed by atoms with Gasteiger partial charge in [0.25, 0.3) is 0 Å². The summed E-state index contributed by atoms with van der Waals surface area (Å²) in [6.07, 6.45) is 3.55. The highest BCUT2D eigenvalue weighted by Gasteiger charge is 2.10. The fraction of sp³-hybridized carbons (Fsp3) is 0.158. The summed E-state index contributed by atoms with van der Waals surface area (Å²) >= 11 is 0. The second-order valence-electron chi connectivity index (χ2n) is 6.16. The Balaban J connectivity index is 1.50. The van der Waals surface area contributed by atoms with Gasteiger partial charge in [0.1, 0.15) is 12.4 Å². The van der Waals surface area contributed by atoms with Crippen LogP contribution in [0.4, 0.5) is 5.82 Å². The first-order chi connectivity index (χ1) is 12.6. The van der Waals surface area contributed by atoms with E-state index in [0.29, 0.717) is 5.82 Å². The molecule has 1 amide bonds. The van der Waals surface area contributed by atoms with Crippen molar-refractivity contribution in [2.75, 3.05) is 5.32 Å². The van der Waals surface area contributed by atoms with Crippen LogP contribution in [-0.2, 0) is 18.4 Å². The van der Waals surface area contributed by atoms with Gasteiger partial charge in [-0.05, 0) is 19.1 Å². The van der Waals surface area contributed by atoms with Crippen molar-refractivity contribution in [3.05, 3.63) is 60.6 Å². The molecule has 0 spiro atoms. The SMILES string of the molecule is Cc1cc(NC(=O)Cn2cc(-c3ccc4ccccc4n3)cn2)n(C)n1. The van der Waals surface area contributed by atoms with Crippen LogP contribution in [-0.4, -0.2) is 30.5 Å². The molecule has 4 rings (SSSR count). The van der Waals surface area contributed by atoms with Crippen LogP contribution in [0.15, 0.2) is 54.9 Å². The molecule has 7 heteroatoms. The fourth-order valence-corrected chi connectivity index (χ4v) is 2.87. The van der Waals surface area contributed by atoms with Crippen LogP contribution >= 0.6 is 0 Å². The number of amides is 1. The van der Waals surface area contributed by atoms with E-state index in [1.807, 2.05) is 55.6 Å². The van der Waals surface area contributed by atoms with E-state index >= 15 is 0 Å². The molecule has 3 aromatic heterocycles. The van der Waals surface area contributed by atoms with Crippen LogP contribution in [0.2, 0.25) is 0 Å². The molecule has 0 bridgehead atoms. The van der Waals surface area contributed by atoms with Crippen molar-refractivity contribution in [2.24, 2.45) is 7.05 Å². The van der Waals surface area contributed by atoms with Crippen LogP contribution < -0.4 is 5.32 Å². The largest absolute Gasteiger partial charge is 0.309 e. The number of rotatable bonds is 4. The number of aryl methyl sites for hydroxylation is 2. The van der Waals surface area contributed by atoms with Gasteiger partial charge in [-0.2, -0.15) is 10.2 Å². The Hall–Kier alpha value is -3.48. The van der Waals surface area contributed by atoms with E-state index in [0.717, 1.165) is 27.9 Å². The number of anilines is 1. The average molecular weight is 346 g/mol. The van der Waals surface area contributed by atoms with E-state index in [9.17, 15) is 4.79 Å². The summed E-state index contributed by atoms with van der Waals surface area (Å²) in [7, 11) is 1.79. The molecule has 0 radical (unpaired) electrons. The number of para-hydroxylation sites is 1. The first-order valence-electron chi connectivity index (χ1n) is 8.27. The van der Waals surface area contributed by atoms with Gasteiger partial charge in [-0.15, -0.1) is 0 Å². The molecule has 0 fully saturated rings. The Kier molecular flexibility index (Phi) is 3.96. The number of carbonyl (C=O) groups excluding carboxylic acids is 1. The minimum atomic E-state index is -0.158. The van der Waals surface area contributed by atoms with Crippen molar-refractivity contribution in [3.63, 3.8) is 0 Å². The van der Waals surface area contributed by atoms with Crippen LogP contribution in [0.1, 0.15) is 5.69 Å². The number of benzene rings is 1. The monoisotopic (exact) mass is 346 g/mol. The third-order valence-electron chi connectivity index (χ3n) is 4.10. The number of nitrogens with one attached hydrogen (secondary N) is 1.